The monoisotopic (exact) mass is 295 g/mol. The standard InChI is InChI=1S/C17H33N3O/c1-15(2)13-19-8-10-20(11-9-19)16(21)12-17(14-18)6-4-3-5-7-17/h15H,3-14,18H2,1-2H3. The molecule has 1 amide bonds. The Labute approximate surface area is 130 Å². The Morgan fingerprint density at radius 1 is 1.10 bits per heavy atom. The van der Waals surface area contributed by atoms with Gasteiger partial charge in [0, 0.05) is 39.1 Å². The second kappa shape index (κ2) is 7.59. The van der Waals surface area contributed by atoms with E-state index >= 15 is 0 Å². The highest BCUT2D eigenvalue weighted by molar-refractivity contribution is 5.77. The summed E-state index contributed by atoms with van der Waals surface area (Å²) < 4.78 is 0. The molecule has 0 unspecified atom stereocenters. The lowest BCUT2D eigenvalue weighted by atomic mass is 9.71. The first-order valence-electron chi connectivity index (χ1n) is 8.75. The van der Waals surface area contributed by atoms with Crippen molar-refractivity contribution in [1.82, 2.24) is 9.80 Å². The number of carbonyl (C=O) groups excluding carboxylic acids is 1. The van der Waals surface area contributed by atoms with Crippen LogP contribution in [-0.2, 0) is 4.79 Å². The molecule has 0 radical (unpaired) electrons. The van der Waals surface area contributed by atoms with Gasteiger partial charge in [0.15, 0.2) is 0 Å². The van der Waals surface area contributed by atoms with Crippen molar-refractivity contribution in [1.29, 1.82) is 0 Å². The van der Waals surface area contributed by atoms with Crippen LogP contribution in [0.5, 0.6) is 0 Å². The Morgan fingerprint density at radius 3 is 2.24 bits per heavy atom. The van der Waals surface area contributed by atoms with E-state index in [1.54, 1.807) is 0 Å². The quantitative estimate of drug-likeness (QED) is 0.845. The minimum absolute atomic E-state index is 0.102. The SMILES string of the molecule is CC(C)CN1CCN(C(=O)CC2(CN)CCCCC2)CC1. The van der Waals surface area contributed by atoms with Crippen molar-refractivity contribution < 1.29 is 4.79 Å². The second-order valence-corrected chi connectivity index (χ2v) is 7.52. The van der Waals surface area contributed by atoms with E-state index in [1.807, 2.05) is 0 Å². The van der Waals surface area contributed by atoms with Gasteiger partial charge in [0.1, 0.15) is 0 Å². The van der Waals surface area contributed by atoms with E-state index in [0.29, 0.717) is 24.8 Å². The molecule has 0 aromatic rings. The normalized spacial score (nSPS) is 23.5. The second-order valence-electron chi connectivity index (χ2n) is 7.52. The van der Waals surface area contributed by atoms with Crippen LogP contribution in [0.15, 0.2) is 0 Å². The van der Waals surface area contributed by atoms with Crippen LogP contribution in [0.3, 0.4) is 0 Å². The van der Waals surface area contributed by atoms with E-state index < -0.39 is 0 Å². The molecule has 0 aromatic carbocycles. The Morgan fingerprint density at radius 2 is 1.71 bits per heavy atom. The fourth-order valence-corrected chi connectivity index (χ4v) is 3.88. The van der Waals surface area contributed by atoms with Crippen LogP contribution in [0.1, 0.15) is 52.4 Å². The molecule has 2 fully saturated rings. The molecule has 0 atom stereocenters. The highest BCUT2D eigenvalue weighted by Crippen LogP contribution is 2.38. The molecule has 4 heteroatoms. The molecule has 0 spiro atoms. The average Bonchev–Trinajstić information content (AvgIpc) is 2.48. The summed E-state index contributed by atoms with van der Waals surface area (Å²) in [6, 6.07) is 0. The molecule has 4 nitrogen and oxygen atoms in total. The molecule has 1 aliphatic carbocycles. The third-order valence-corrected chi connectivity index (χ3v) is 5.22. The van der Waals surface area contributed by atoms with Crippen LogP contribution in [-0.4, -0.2) is 55.0 Å². The van der Waals surface area contributed by atoms with Crippen LogP contribution in [0, 0.1) is 11.3 Å². The molecule has 0 bridgehead atoms. The van der Waals surface area contributed by atoms with E-state index in [9.17, 15) is 4.79 Å². The van der Waals surface area contributed by atoms with E-state index in [2.05, 4.69) is 23.6 Å². The van der Waals surface area contributed by atoms with Gasteiger partial charge in [-0.1, -0.05) is 33.1 Å². The lowest BCUT2D eigenvalue weighted by molar-refractivity contribution is -0.136. The maximum Gasteiger partial charge on any atom is 0.223 e. The number of hydrogen-bond donors (Lipinski definition) is 1. The van der Waals surface area contributed by atoms with Gasteiger partial charge in [-0.3, -0.25) is 9.69 Å². The van der Waals surface area contributed by atoms with E-state index in [-0.39, 0.29) is 5.41 Å². The number of carbonyl (C=O) groups is 1. The first-order valence-corrected chi connectivity index (χ1v) is 8.75. The Hall–Kier alpha value is -0.610. The maximum absolute atomic E-state index is 12.6. The molecule has 2 rings (SSSR count). The molecule has 1 saturated heterocycles. The third-order valence-electron chi connectivity index (χ3n) is 5.22. The van der Waals surface area contributed by atoms with Crippen LogP contribution in [0.4, 0.5) is 0 Å². The summed E-state index contributed by atoms with van der Waals surface area (Å²) in [4.78, 5) is 17.2. The first kappa shape index (κ1) is 16.8. The van der Waals surface area contributed by atoms with Crippen molar-refractivity contribution >= 4 is 5.91 Å². The number of amides is 1. The highest BCUT2D eigenvalue weighted by Gasteiger charge is 2.35. The van der Waals surface area contributed by atoms with Gasteiger partial charge in [-0.05, 0) is 30.7 Å². The van der Waals surface area contributed by atoms with E-state index in [1.165, 1.54) is 19.3 Å². The van der Waals surface area contributed by atoms with Gasteiger partial charge in [0.25, 0.3) is 0 Å². The number of rotatable bonds is 5. The molecule has 1 heterocycles. The molecular weight excluding hydrogens is 262 g/mol. The third kappa shape index (κ3) is 4.68. The summed E-state index contributed by atoms with van der Waals surface area (Å²) >= 11 is 0. The molecule has 1 aliphatic heterocycles. The molecule has 2 aliphatic rings. The zero-order valence-electron chi connectivity index (χ0n) is 13.9. The topological polar surface area (TPSA) is 49.6 Å². The van der Waals surface area contributed by atoms with Gasteiger partial charge in [-0.2, -0.15) is 0 Å². The van der Waals surface area contributed by atoms with Crippen molar-refractivity contribution in [2.24, 2.45) is 17.1 Å². The van der Waals surface area contributed by atoms with E-state index in [0.717, 1.165) is 45.6 Å². The average molecular weight is 295 g/mol. The molecule has 1 saturated carbocycles. The summed E-state index contributed by atoms with van der Waals surface area (Å²) in [6.07, 6.45) is 6.75. The van der Waals surface area contributed by atoms with Crippen molar-refractivity contribution in [2.75, 3.05) is 39.3 Å². The smallest absolute Gasteiger partial charge is 0.223 e. The van der Waals surface area contributed by atoms with Crippen LogP contribution < -0.4 is 5.73 Å². The lowest BCUT2D eigenvalue weighted by Gasteiger charge is -2.40. The van der Waals surface area contributed by atoms with Gasteiger partial charge in [-0.25, -0.2) is 0 Å². The van der Waals surface area contributed by atoms with Gasteiger partial charge in [0.05, 0.1) is 0 Å². The predicted molar refractivity (Wildman–Crippen MR) is 87.0 cm³/mol. The molecule has 21 heavy (non-hydrogen) atoms. The van der Waals surface area contributed by atoms with Gasteiger partial charge in [-0.15, -0.1) is 0 Å². The summed E-state index contributed by atoms with van der Waals surface area (Å²) in [6.45, 7) is 10.2. The van der Waals surface area contributed by atoms with Crippen LogP contribution in [0.25, 0.3) is 0 Å². The van der Waals surface area contributed by atoms with Crippen molar-refractivity contribution in [2.45, 2.75) is 52.4 Å². The fraction of sp³-hybridized carbons (Fsp3) is 0.941. The van der Waals surface area contributed by atoms with Gasteiger partial charge >= 0.3 is 0 Å². The molecule has 0 aromatic heterocycles. The Balaban J connectivity index is 1.81. The fourth-order valence-electron chi connectivity index (χ4n) is 3.88. The summed E-state index contributed by atoms with van der Waals surface area (Å²) in [7, 11) is 0. The molecule has 122 valence electrons. The lowest BCUT2D eigenvalue weighted by Crippen LogP contribution is -2.51. The first-order chi connectivity index (χ1) is 10.0. The van der Waals surface area contributed by atoms with Crippen LogP contribution in [0.2, 0.25) is 0 Å². The summed E-state index contributed by atoms with van der Waals surface area (Å²) in [5.74, 6) is 1.04. The Kier molecular flexibility index (Phi) is 6.06. The summed E-state index contributed by atoms with van der Waals surface area (Å²) in [5.41, 5.74) is 6.12. The van der Waals surface area contributed by atoms with Gasteiger partial charge in [0.2, 0.25) is 5.91 Å². The largest absolute Gasteiger partial charge is 0.340 e. The van der Waals surface area contributed by atoms with Gasteiger partial charge < -0.3 is 10.6 Å². The van der Waals surface area contributed by atoms with Crippen molar-refractivity contribution in [3.05, 3.63) is 0 Å². The number of nitrogens with zero attached hydrogens (tertiary/aromatic N) is 2. The zero-order chi connectivity index (χ0) is 15.3. The minimum atomic E-state index is 0.102. The number of nitrogens with two attached hydrogens (primary N) is 1. The summed E-state index contributed by atoms with van der Waals surface area (Å²) in [5, 5.41) is 0. The van der Waals surface area contributed by atoms with Crippen molar-refractivity contribution in [3.8, 4) is 0 Å². The Bertz CT molecular complexity index is 329. The van der Waals surface area contributed by atoms with Crippen LogP contribution >= 0.6 is 0 Å². The minimum Gasteiger partial charge on any atom is -0.340 e. The predicted octanol–water partition coefficient (Wildman–Crippen LogP) is 2.09. The van der Waals surface area contributed by atoms with Crippen molar-refractivity contribution in [3.63, 3.8) is 0 Å². The molecule has 2 N–H and O–H groups in total. The maximum atomic E-state index is 12.6. The van der Waals surface area contributed by atoms with E-state index in [4.69, 9.17) is 5.73 Å². The molecular formula is C17H33N3O. The number of piperazine rings is 1. The highest BCUT2D eigenvalue weighted by atomic mass is 16.2. The zero-order valence-corrected chi connectivity index (χ0v) is 13.9. The number of hydrogen-bond acceptors (Lipinski definition) is 3.